The van der Waals surface area contributed by atoms with E-state index < -0.39 is 5.97 Å². The fourth-order valence-electron chi connectivity index (χ4n) is 0.888. The fraction of sp³-hybridized carbons (Fsp3) is 0.375. The number of hydrogen-bond acceptors (Lipinski definition) is 2. The summed E-state index contributed by atoms with van der Waals surface area (Å²) in [6.45, 7) is 0.682. The van der Waals surface area contributed by atoms with Crippen molar-refractivity contribution >= 4 is 5.97 Å². The minimum absolute atomic E-state index is 0.217. The number of rotatable bonds is 5. The third-order valence-electron chi connectivity index (χ3n) is 1.47. The van der Waals surface area contributed by atoms with Gasteiger partial charge >= 0.3 is 5.97 Å². The Hall–Kier alpha value is -1.45. The van der Waals surface area contributed by atoms with Gasteiger partial charge in [-0.1, -0.05) is 0 Å². The van der Waals surface area contributed by atoms with Gasteiger partial charge in [0.1, 0.15) is 0 Å². The topological polar surface area (TPSA) is 54.3 Å². The number of aliphatic carboxylic acids is 1. The number of aromatic nitrogens is 1. The molecule has 0 saturated heterocycles. The molecule has 66 valence electrons. The van der Waals surface area contributed by atoms with E-state index in [4.69, 9.17) is 5.11 Å². The van der Waals surface area contributed by atoms with Crippen molar-refractivity contribution in [2.45, 2.75) is 12.8 Å². The molecule has 1 aromatic heterocycles. The van der Waals surface area contributed by atoms with Crippen LogP contribution in [-0.2, 0) is 4.79 Å². The van der Waals surface area contributed by atoms with Gasteiger partial charge in [0.25, 0.3) is 0 Å². The highest BCUT2D eigenvalue weighted by Gasteiger charge is 1.94. The van der Waals surface area contributed by atoms with Gasteiger partial charge in [-0.3, -0.25) is 9.47 Å². The van der Waals surface area contributed by atoms with Crippen molar-refractivity contribution in [2.24, 2.45) is 0 Å². The highest BCUT2D eigenvalue weighted by molar-refractivity contribution is 5.66. The van der Waals surface area contributed by atoms with Crippen LogP contribution in [0.25, 0.3) is 0 Å². The van der Waals surface area contributed by atoms with Gasteiger partial charge in [0.2, 0.25) is 0 Å². The molecule has 0 atom stereocenters. The maximum Gasteiger partial charge on any atom is 0.303 e. The van der Waals surface area contributed by atoms with Gasteiger partial charge in [-0.05, 0) is 18.6 Å². The molecule has 4 nitrogen and oxygen atoms in total. The molecular formula is C8H12N2O2. The number of carboxylic acids is 1. The second-order valence-electron chi connectivity index (χ2n) is 2.50. The Balaban J connectivity index is 2.07. The minimum Gasteiger partial charge on any atom is -0.481 e. The summed E-state index contributed by atoms with van der Waals surface area (Å²) in [6.07, 6.45) is 4.61. The van der Waals surface area contributed by atoms with Crippen LogP contribution >= 0.6 is 0 Å². The van der Waals surface area contributed by atoms with E-state index in [9.17, 15) is 4.79 Å². The molecule has 1 aromatic rings. The summed E-state index contributed by atoms with van der Waals surface area (Å²) in [7, 11) is 0. The Bertz CT molecular complexity index is 231. The van der Waals surface area contributed by atoms with Crippen molar-refractivity contribution in [1.29, 1.82) is 0 Å². The molecule has 0 aliphatic heterocycles. The molecule has 0 unspecified atom stereocenters. The molecule has 12 heavy (non-hydrogen) atoms. The molecule has 1 heterocycles. The summed E-state index contributed by atoms with van der Waals surface area (Å²) < 4.78 is 1.81. The van der Waals surface area contributed by atoms with Gasteiger partial charge in [-0.15, -0.1) is 0 Å². The molecule has 0 fully saturated rings. The van der Waals surface area contributed by atoms with Gasteiger partial charge in [-0.25, -0.2) is 0 Å². The lowest BCUT2D eigenvalue weighted by molar-refractivity contribution is -0.137. The molecule has 0 radical (unpaired) electrons. The van der Waals surface area contributed by atoms with Crippen molar-refractivity contribution in [2.75, 3.05) is 12.0 Å². The van der Waals surface area contributed by atoms with Crippen LogP contribution in [0.5, 0.6) is 0 Å². The van der Waals surface area contributed by atoms with E-state index in [1.165, 1.54) is 0 Å². The molecule has 2 N–H and O–H groups in total. The molecule has 4 heteroatoms. The van der Waals surface area contributed by atoms with Gasteiger partial charge in [0.05, 0.1) is 0 Å². The average Bonchev–Trinajstić information content (AvgIpc) is 2.49. The molecule has 0 spiro atoms. The lowest BCUT2D eigenvalue weighted by Crippen LogP contribution is -2.14. The maximum absolute atomic E-state index is 10.1. The molecular weight excluding hydrogens is 156 g/mol. The predicted molar refractivity (Wildman–Crippen MR) is 45.5 cm³/mol. The zero-order chi connectivity index (χ0) is 8.81. The van der Waals surface area contributed by atoms with E-state index in [0.717, 1.165) is 0 Å². The lowest BCUT2D eigenvalue weighted by Gasteiger charge is -2.05. The molecule has 1 rings (SSSR count). The summed E-state index contributed by atoms with van der Waals surface area (Å²) in [5, 5.41) is 8.34. The van der Waals surface area contributed by atoms with E-state index >= 15 is 0 Å². The maximum atomic E-state index is 10.1. The van der Waals surface area contributed by atoms with Gasteiger partial charge in [0, 0.05) is 25.4 Å². The van der Waals surface area contributed by atoms with E-state index in [1.807, 2.05) is 29.2 Å². The van der Waals surface area contributed by atoms with Crippen LogP contribution < -0.4 is 5.43 Å². The first-order chi connectivity index (χ1) is 5.79. The summed E-state index contributed by atoms with van der Waals surface area (Å²) >= 11 is 0. The second kappa shape index (κ2) is 4.43. The zero-order valence-corrected chi connectivity index (χ0v) is 6.73. The number of hydrogen-bond donors (Lipinski definition) is 2. The standard InChI is InChI=1S/C8H12N2O2/c11-8(12)4-3-5-9-10-6-1-2-7-10/h1-2,6-7,9H,3-5H2,(H,11,12). The molecule has 0 aromatic carbocycles. The van der Waals surface area contributed by atoms with Crippen LogP contribution in [0, 0.1) is 0 Å². The Morgan fingerprint density at radius 2 is 2.08 bits per heavy atom. The van der Waals surface area contributed by atoms with Gasteiger partial charge in [-0.2, -0.15) is 0 Å². The number of carbonyl (C=O) groups is 1. The van der Waals surface area contributed by atoms with E-state index in [2.05, 4.69) is 5.43 Å². The predicted octanol–water partition coefficient (Wildman–Crippen LogP) is 0.896. The quantitative estimate of drug-likeness (QED) is 0.642. The van der Waals surface area contributed by atoms with Crippen molar-refractivity contribution in [3.8, 4) is 0 Å². The highest BCUT2D eigenvalue weighted by Crippen LogP contribution is 1.89. The van der Waals surface area contributed by atoms with Crippen LogP contribution in [-0.4, -0.2) is 22.3 Å². The molecule has 0 aliphatic rings. The average molecular weight is 168 g/mol. The largest absolute Gasteiger partial charge is 0.481 e. The van der Waals surface area contributed by atoms with Gasteiger partial charge in [0.15, 0.2) is 0 Å². The third-order valence-corrected chi connectivity index (χ3v) is 1.47. The van der Waals surface area contributed by atoms with Gasteiger partial charge < -0.3 is 10.5 Å². The summed E-state index contributed by atoms with van der Waals surface area (Å²) in [6, 6.07) is 3.81. The van der Waals surface area contributed by atoms with E-state index in [0.29, 0.717) is 13.0 Å². The normalized spacial score (nSPS) is 9.67. The molecule has 0 aliphatic carbocycles. The number of carboxylic acid groups (broad SMARTS) is 1. The summed E-state index contributed by atoms with van der Waals surface area (Å²) in [5.74, 6) is -0.746. The van der Waals surface area contributed by atoms with Crippen molar-refractivity contribution < 1.29 is 9.90 Å². The number of nitrogens with one attached hydrogen (secondary N) is 1. The van der Waals surface area contributed by atoms with Crippen molar-refractivity contribution in [1.82, 2.24) is 4.68 Å². The molecule has 0 amide bonds. The van der Waals surface area contributed by atoms with Crippen LogP contribution in [0.1, 0.15) is 12.8 Å². The van der Waals surface area contributed by atoms with Crippen LogP contribution in [0.3, 0.4) is 0 Å². The molecule has 0 bridgehead atoms. The van der Waals surface area contributed by atoms with Crippen LogP contribution in [0.4, 0.5) is 0 Å². The minimum atomic E-state index is -0.746. The monoisotopic (exact) mass is 168 g/mol. The Morgan fingerprint density at radius 3 is 2.67 bits per heavy atom. The number of nitrogens with zero attached hydrogens (tertiary/aromatic N) is 1. The van der Waals surface area contributed by atoms with Crippen molar-refractivity contribution in [3.05, 3.63) is 24.5 Å². The summed E-state index contributed by atoms with van der Waals surface area (Å²) in [5.41, 5.74) is 3.03. The Labute approximate surface area is 70.8 Å². The lowest BCUT2D eigenvalue weighted by atomic mass is 10.3. The smallest absolute Gasteiger partial charge is 0.303 e. The van der Waals surface area contributed by atoms with E-state index in [-0.39, 0.29) is 6.42 Å². The summed E-state index contributed by atoms with van der Waals surface area (Å²) in [4.78, 5) is 10.1. The van der Waals surface area contributed by atoms with Crippen LogP contribution in [0.15, 0.2) is 24.5 Å². The SMILES string of the molecule is O=C(O)CCCNn1cccc1. The Morgan fingerprint density at radius 1 is 1.42 bits per heavy atom. The van der Waals surface area contributed by atoms with Crippen LogP contribution in [0.2, 0.25) is 0 Å². The Kier molecular flexibility index (Phi) is 3.19. The molecule has 0 saturated carbocycles. The first-order valence-corrected chi connectivity index (χ1v) is 3.87. The first kappa shape index (κ1) is 8.64. The van der Waals surface area contributed by atoms with Crippen molar-refractivity contribution in [3.63, 3.8) is 0 Å². The highest BCUT2D eigenvalue weighted by atomic mass is 16.4. The zero-order valence-electron chi connectivity index (χ0n) is 6.73. The van der Waals surface area contributed by atoms with E-state index in [1.54, 1.807) is 0 Å². The fourth-order valence-corrected chi connectivity index (χ4v) is 0.888. The second-order valence-corrected chi connectivity index (χ2v) is 2.50. The third kappa shape index (κ3) is 3.09. The first-order valence-electron chi connectivity index (χ1n) is 3.87.